The fraction of sp³-hybridized carbons (Fsp3) is 0.217. The molecule has 0 bridgehead atoms. The van der Waals surface area contributed by atoms with Crippen molar-refractivity contribution >= 4 is 16.7 Å². The van der Waals surface area contributed by atoms with Crippen molar-refractivity contribution in [3.05, 3.63) is 66.9 Å². The van der Waals surface area contributed by atoms with Crippen molar-refractivity contribution in [3.8, 4) is 22.6 Å². The van der Waals surface area contributed by atoms with Crippen molar-refractivity contribution < 1.29 is 4.39 Å². The van der Waals surface area contributed by atoms with E-state index in [2.05, 4.69) is 32.4 Å². The average Bonchev–Trinajstić information content (AvgIpc) is 3.47. The first-order valence-electron chi connectivity index (χ1n) is 10.2. The summed E-state index contributed by atoms with van der Waals surface area (Å²) in [6, 6.07) is 12.9. The molecule has 0 amide bonds. The van der Waals surface area contributed by atoms with Gasteiger partial charge in [0.05, 0.1) is 28.7 Å². The molecule has 5 rings (SSSR count). The van der Waals surface area contributed by atoms with Gasteiger partial charge in [0, 0.05) is 11.6 Å². The van der Waals surface area contributed by atoms with Gasteiger partial charge in [0.15, 0.2) is 5.82 Å². The topological polar surface area (TPSA) is 81.4 Å². The Hall–Kier alpha value is -3.61. The molecule has 1 saturated carbocycles. The predicted molar refractivity (Wildman–Crippen MR) is 117 cm³/mol. The van der Waals surface area contributed by atoms with E-state index in [-0.39, 0.29) is 5.82 Å². The molecule has 0 spiro atoms. The Kier molecular flexibility index (Phi) is 4.71. The van der Waals surface area contributed by atoms with Crippen LogP contribution in [-0.2, 0) is 0 Å². The lowest BCUT2D eigenvalue weighted by atomic mass is 10.0. The number of fused-ring (bicyclic) bond motifs is 1. The highest BCUT2D eigenvalue weighted by atomic mass is 19.1. The van der Waals surface area contributed by atoms with Crippen LogP contribution < -0.4 is 10.6 Å². The Morgan fingerprint density at radius 1 is 1.13 bits per heavy atom. The Morgan fingerprint density at radius 2 is 1.97 bits per heavy atom. The van der Waals surface area contributed by atoms with E-state index in [0.717, 1.165) is 39.4 Å². The van der Waals surface area contributed by atoms with E-state index in [1.165, 1.54) is 37.8 Å². The van der Waals surface area contributed by atoms with Crippen molar-refractivity contribution in [3.63, 3.8) is 0 Å². The van der Waals surface area contributed by atoms with Crippen LogP contribution in [0.3, 0.4) is 0 Å². The van der Waals surface area contributed by atoms with E-state index in [4.69, 9.17) is 4.98 Å². The molecule has 0 unspecified atom stereocenters. The van der Waals surface area contributed by atoms with E-state index in [9.17, 15) is 4.39 Å². The zero-order chi connectivity index (χ0) is 20.5. The first-order valence-corrected chi connectivity index (χ1v) is 10.2. The van der Waals surface area contributed by atoms with Crippen LogP contribution in [0, 0.1) is 5.82 Å². The Morgan fingerprint density at radius 3 is 2.80 bits per heavy atom. The Labute approximate surface area is 173 Å². The molecule has 7 heteroatoms. The number of para-hydroxylation sites is 1. The summed E-state index contributed by atoms with van der Waals surface area (Å²) in [6.45, 7) is 4.10. The van der Waals surface area contributed by atoms with E-state index >= 15 is 0 Å². The number of aromatic amines is 2. The molecule has 4 N–H and O–H groups in total. The smallest absolute Gasteiger partial charge is 0.158 e. The van der Waals surface area contributed by atoms with Crippen LogP contribution in [0.25, 0.3) is 33.7 Å². The second-order valence-corrected chi connectivity index (χ2v) is 7.69. The highest BCUT2D eigenvalue weighted by Crippen LogP contribution is 2.31. The van der Waals surface area contributed by atoms with Crippen LogP contribution in [0.4, 0.5) is 10.1 Å². The van der Waals surface area contributed by atoms with Gasteiger partial charge in [-0.3, -0.25) is 5.10 Å². The molecule has 1 aliphatic rings. The van der Waals surface area contributed by atoms with Crippen molar-refractivity contribution in [1.82, 2.24) is 25.5 Å². The summed E-state index contributed by atoms with van der Waals surface area (Å²) in [7, 11) is 0. The molecular formula is C23H23FN6. The van der Waals surface area contributed by atoms with Crippen LogP contribution in [0.2, 0.25) is 0 Å². The van der Waals surface area contributed by atoms with Crippen molar-refractivity contribution in [2.24, 2.45) is 0 Å². The number of aromatic nitrogens is 4. The number of anilines is 1. The summed E-state index contributed by atoms with van der Waals surface area (Å²) in [5, 5.41) is 13.9. The lowest BCUT2D eigenvalue weighted by Crippen LogP contribution is -2.28. The zero-order valence-corrected chi connectivity index (χ0v) is 16.5. The Bertz CT molecular complexity index is 1200. The summed E-state index contributed by atoms with van der Waals surface area (Å²) in [6.07, 6.45) is 6.58. The largest absolute Gasteiger partial charge is 0.369 e. The molecular weight excluding hydrogens is 379 g/mol. The molecule has 30 heavy (non-hydrogen) atoms. The SMILES string of the molecule is C=C(Nc1cn[nH]c1-c1nc2c(-c3cccc(F)c3)cccc2[nH]1)NC1CCCC1. The highest BCUT2D eigenvalue weighted by molar-refractivity contribution is 5.94. The zero-order valence-electron chi connectivity index (χ0n) is 16.5. The van der Waals surface area contributed by atoms with Gasteiger partial charge in [-0.15, -0.1) is 0 Å². The molecule has 2 heterocycles. The van der Waals surface area contributed by atoms with Gasteiger partial charge in [0.1, 0.15) is 11.5 Å². The first kappa shape index (κ1) is 18.4. The fourth-order valence-electron chi connectivity index (χ4n) is 4.12. The lowest BCUT2D eigenvalue weighted by molar-refractivity contribution is 0.588. The number of H-pyrrole nitrogens is 2. The molecule has 2 aromatic carbocycles. The van der Waals surface area contributed by atoms with E-state index in [1.54, 1.807) is 12.3 Å². The van der Waals surface area contributed by atoms with Gasteiger partial charge in [-0.05, 0) is 36.6 Å². The molecule has 0 radical (unpaired) electrons. The van der Waals surface area contributed by atoms with Gasteiger partial charge < -0.3 is 15.6 Å². The Balaban J connectivity index is 1.45. The number of hydrogen-bond acceptors (Lipinski definition) is 4. The van der Waals surface area contributed by atoms with E-state index in [0.29, 0.717) is 11.9 Å². The average molecular weight is 402 g/mol. The van der Waals surface area contributed by atoms with Gasteiger partial charge in [-0.2, -0.15) is 5.10 Å². The molecule has 4 aromatic rings. The number of halogens is 1. The van der Waals surface area contributed by atoms with Crippen LogP contribution in [0.15, 0.2) is 61.1 Å². The maximum atomic E-state index is 13.7. The van der Waals surface area contributed by atoms with Gasteiger partial charge >= 0.3 is 0 Å². The second-order valence-electron chi connectivity index (χ2n) is 7.69. The lowest BCUT2D eigenvalue weighted by Gasteiger charge is -2.16. The summed E-state index contributed by atoms with van der Waals surface area (Å²) < 4.78 is 13.7. The van der Waals surface area contributed by atoms with Gasteiger partial charge in [-0.25, -0.2) is 9.37 Å². The van der Waals surface area contributed by atoms with E-state index in [1.807, 2.05) is 24.3 Å². The second kappa shape index (κ2) is 7.67. The fourth-order valence-corrected chi connectivity index (χ4v) is 4.12. The molecule has 6 nitrogen and oxygen atoms in total. The van der Waals surface area contributed by atoms with Gasteiger partial charge in [0.25, 0.3) is 0 Å². The van der Waals surface area contributed by atoms with Crippen LogP contribution >= 0.6 is 0 Å². The van der Waals surface area contributed by atoms with Crippen LogP contribution in [0.5, 0.6) is 0 Å². The summed E-state index contributed by atoms with van der Waals surface area (Å²) in [5.74, 6) is 1.14. The quantitative estimate of drug-likeness (QED) is 0.358. The maximum Gasteiger partial charge on any atom is 0.158 e. The molecule has 1 fully saturated rings. The minimum absolute atomic E-state index is 0.270. The van der Waals surface area contributed by atoms with Crippen LogP contribution in [-0.4, -0.2) is 26.2 Å². The molecule has 0 atom stereocenters. The monoisotopic (exact) mass is 402 g/mol. The van der Waals surface area contributed by atoms with Crippen molar-refractivity contribution in [2.45, 2.75) is 31.7 Å². The standard InChI is InChI=1S/C23H23FN6/c1-14(26-17-8-2-3-9-17)27-20-13-25-30-22(20)23-28-19-11-5-10-18(21(19)29-23)15-6-4-7-16(24)12-15/h4-7,10-13,17,26-27H,1-3,8-9H2,(H,25,30)(H,28,29). The maximum absolute atomic E-state index is 13.7. The number of imidazole rings is 1. The number of hydrogen-bond donors (Lipinski definition) is 4. The minimum atomic E-state index is -0.270. The molecule has 0 aliphatic heterocycles. The third kappa shape index (κ3) is 3.54. The molecule has 2 aromatic heterocycles. The normalized spacial score (nSPS) is 14.3. The first-order chi connectivity index (χ1) is 14.7. The van der Waals surface area contributed by atoms with Crippen molar-refractivity contribution in [1.29, 1.82) is 0 Å². The molecule has 0 saturated heterocycles. The van der Waals surface area contributed by atoms with E-state index < -0.39 is 0 Å². The predicted octanol–water partition coefficient (Wildman–Crippen LogP) is 5.17. The summed E-state index contributed by atoms with van der Waals surface area (Å²) in [5.41, 5.74) is 4.84. The van der Waals surface area contributed by atoms with Gasteiger partial charge in [0.2, 0.25) is 0 Å². The number of rotatable bonds is 6. The highest BCUT2D eigenvalue weighted by Gasteiger charge is 2.18. The number of nitrogens with zero attached hydrogens (tertiary/aromatic N) is 2. The summed E-state index contributed by atoms with van der Waals surface area (Å²) in [4.78, 5) is 8.14. The van der Waals surface area contributed by atoms with Crippen molar-refractivity contribution in [2.75, 3.05) is 5.32 Å². The van der Waals surface area contributed by atoms with Crippen LogP contribution in [0.1, 0.15) is 25.7 Å². The minimum Gasteiger partial charge on any atom is -0.369 e. The summed E-state index contributed by atoms with van der Waals surface area (Å²) >= 11 is 0. The molecule has 152 valence electrons. The number of benzene rings is 2. The van der Waals surface area contributed by atoms with Gasteiger partial charge in [-0.1, -0.05) is 43.7 Å². The third-order valence-corrected chi connectivity index (χ3v) is 5.54. The molecule has 1 aliphatic carbocycles. The number of nitrogens with one attached hydrogen (secondary N) is 4. The third-order valence-electron chi connectivity index (χ3n) is 5.54.